The van der Waals surface area contributed by atoms with E-state index in [9.17, 15) is 4.79 Å². The minimum absolute atomic E-state index is 0.125. The Morgan fingerprint density at radius 2 is 1.94 bits per heavy atom. The van der Waals surface area contributed by atoms with Gasteiger partial charge < -0.3 is 16.0 Å². The molecule has 0 aromatic carbocycles. The fourth-order valence-electron chi connectivity index (χ4n) is 1.44. The van der Waals surface area contributed by atoms with Crippen LogP contribution in [0.3, 0.4) is 0 Å². The first-order chi connectivity index (χ1) is 7.97. The molecule has 4 heteroatoms. The maximum absolute atomic E-state index is 11.4. The quantitative estimate of drug-likeness (QED) is 0.598. The van der Waals surface area contributed by atoms with E-state index in [1.165, 1.54) is 0 Å². The molecule has 0 aromatic heterocycles. The fraction of sp³-hybridized carbons (Fsp3) is 0.923. The molecule has 0 bridgehead atoms. The average molecular weight is 243 g/mol. The second-order valence-corrected chi connectivity index (χ2v) is 5.18. The van der Waals surface area contributed by atoms with Crippen LogP contribution in [-0.2, 0) is 4.79 Å². The molecule has 3 N–H and O–H groups in total. The highest BCUT2D eigenvalue weighted by Gasteiger charge is 2.06. The molecule has 0 aliphatic rings. The van der Waals surface area contributed by atoms with Gasteiger partial charge in [-0.25, -0.2) is 0 Å². The van der Waals surface area contributed by atoms with Crippen molar-refractivity contribution in [3.63, 3.8) is 0 Å². The highest BCUT2D eigenvalue weighted by Crippen LogP contribution is 1.99. The zero-order valence-electron chi connectivity index (χ0n) is 11.8. The van der Waals surface area contributed by atoms with Crippen LogP contribution in [-0.4, -0.2) is 43.5 Å². The number of carbonyl (C=O) groups is 1. The molecule has 0 aliphatic carbocycles. The van der Waals surface area contributed by atoms with Crippen LogP contribution >= 0.6 is 0 Å². The van der Waals surface area contributed by atoms with E-state index in [4.69, 9.17) is 5.73 Å². The molecular formula is C13H29N3O. The van der Waals surface area contributed by atoms with Gasteiger partial charge in [0.1, 0.15) is 0 Å². The highest BCUT2D eigenvalue weighted by atomic mass is 16.1. The predicted octanol–water partition coefficient (Wildman–Crippen LogP) is 1.21. The third-order valence-corrected chi connectivity index (χ3v) is 3.08. The molecule has 0 aliphatic heterocycles. The van der Waals surface area contributed by atoms with Crippen molar-refractivity contribution in [2.45, 2.75) is 46.1 Å². The Balaban J connectivity index is 3.42. The summed E-state index contributed by atoms with van der Waals surface area (Å²) in [6.45, 7) is 8.82. The lowest BCUT2D eigenvalue weighted by atomic mass is 10.1. The number of unbranched alkanes of at least 4 members (excludes halogenated alkanes) is 1. The molecule has 1 atom stereocenters. The van der Waals surface area contributed by atoms with E-state index in [1.54, 1.807) is 0 Å². The first-order valence-corrected chi connectivity index (χ1v) is 6.64. The number of carbonyl (C=O) groups excluding carboxylic acids is 1. The Bertz CT molecular complexity index is 207. The normalized spacial score (nSPS) is 13.1. The van der Waals surface area contributed by atoms with Crippen LogP contribution in [0.4, 0.5) is 0 Å². The largest absolute Gasteiger partial charge is 0.356 e. The van der Waals surface area contributed by atoms with Gasteiger partial charge in [0.15, 0.2) is 0 Å². The van der Waals surface area contributed by atoms with Crippen LogP contribution in [0.2, 0.25) is 0 Å². The van der Waals surface area contributed by atoms with Gasteiger partial charge in [0.25, 0.3) is 0 Å². The molecule has 0 rings (SSSR count). The first kappa shape index (κ1) is 16.4. The molecule has 17 heavy (non-hydrogen) atoms. The van der Waals surface area contributed by atoms with E-state index >= 15 is 0 Å². The molecule has 0 aromatic rings. The minimum Gasteiger partial charge on any atom is -0.356 e. The number of nitrogens with one attached hydrogen (secondary N) is 1. The standard InChI is InChI=1S/C13H29N3O/c1-11(2)16(4)8-6-5-7-15-13(17)9-12(3)10-14/h11-12H,5-10,14H2,1-4H3,(H,15,17). The van der Waals surface area contributed by atoms with E-state index < -0.39 is 0 Å². The molecule has 0 radical (unpaired) electrons. The van der Waals surface area contributed by atoms with Gasteiger partial charge in [-0.05, 0) is 52.7 Å². The maximum atomic E-state index is 11.4. The van der Waals surface area contributed by atoms with E-state index in [2.05, 4.69) is 31.1 Å². The number of nitrogens with zero attached hydrogens (tertiary/aromatic N) is 1. The second kappa shape index (κ2) is 9.42. The number of amides is 1. The van der Waals surface area contributed by atoms with Crippen molar-refractivity contribution in [1.29, 1.82) is 0 Å². The second-order valence-electron chi connectivity index (χ2n) is 5.18. The molecule has 102 valence electrons. The molecule has 4 nitrogen and oxygen atoms in total. The van der Waals surface area contributed by atoms with Crippen molar-refractivity contribution in [2.24, 2.45) is 11.7 Å². The van der Waals surface area contributed by atoms with E-state index in [0.29, 0.717) is 19.0 Å². The molecule has 0 fully saturated rings. The Hall–Kier alpha value is -0.610. The number of nitrogens with two attached hydrogens (primary N) is 1. The number of hydrogen-bond donors (Lipinski definition) is 2. The third kappa shape index (κ3) is 9.12. The van der Waals surface area contributed by atoms with Gasteiger partial charge in [0, 0.05) is 19.0 Å². The summed E-state index contributed by atoms with van der Waals surface area (Å²) in [6, 6.07) is 0.593. The van der Waals surface area contributed by atoms with Crippen molar-refractivity contribution < 1.29 is 4.79 Å². The summed E-state index contributed by atoms with van der Waals surface area (Å²) < 4.78 is 0. The summed E-state index contributed by atoms with van der Waals surface area (Å²) in [6.07, 6.45) is 2.71. The third-order valence-electron chi connectivity index (χ3n) is 3.08. The average Bonchev–Trinajstić information content (AvgIpc) is 2.27. The molecule has 1 amide bonds. The predicted molar refractivity (Wildman–Crippen MR) is 72.8 cm³/mol. The summed E-state index contributed by atoms with van der Waals surface area (Å²) in [7, 11) is 2.13. The fourth-order valence-corrected chi connectivity index (χ4v) is 1.44. The van der Waals surface area contributed by atoms with Gasteiger partial charge in [0.05, 0.1) is 0 Å². The molecular weight excluding hydrogens is 214 g/mol. The molecule has 0 saturated heterocycles. The summed E-state index contributed by atoms with van der Waals surface area (Å²) in [5.41, 5.74) is 5.47. The summed E-state index contributed by atoms with van der Waals surface area (Å²) in [4.78, 5) is 13.8. The topological polar surface area (TPSA) is 58.4 Å². The number of hydrogen-bond acceptors (Lipinski definition) is 3. The minimum atomic E-state index is 0.125. The monoisotopic (exact) mass is 243 g/mol. The lowest BCUT2D eigenvalue weighted by molar-refractivity contribution is -0.121. The van der Waals surface area contributed by atoms with Crippen molar-refractivity contribution >= 4 is 5.91 Å². The van der Waals surface area contributed by atoms with Gasteiger partial charge in [-0.15, -0.1) is 0 Å². The SMILES string of the molecule is CC(CN)CC(=O)NCCCCN(C)C(C)C. The Morgan fingerprint density at radius 1 is 1.29 bits per heavy atom. The van der Waals surface area contributed by atoms with E-state index in [1.807, 2.05) is 6.92 Å². The zero-order chi connectivity index (χ0) is 13.3. The Labute approximate surface area is 106 Å². The van der Waals surface area contributed by atoms with Crippen LogP contribution in [0.5, 0.6) is 0 Å². The van der Waals surface area contributed by atoms with Crippen molar-refractivity contribution in [1.82, 2.24) is 10.2 Å². The lowest BCUT2D eigenvalue weighted by Crippen LogP contribution is -2.30. The van der Waals surface area contributed by atoms with Crippen molar-refractivity contribution in [3.8, 4) is 0 Å². The van der Waals surface area contributed by atoms with Gasteiger partial charge >= 0.3 is 0 Å². The molecule has 0 spiro atoms. The van der Waals surface area contributed by atoms with Crippen molar-refractivity contribution in [2.75, 3.05) is 26.7 Å². The van der Waals surface area contributed by atoms with Gasteiger partial charge in [-0.3, -0.25) is 4.79 Å². The smallest absolute Gasteiger partial charge is 0.220 e. The molecule has 1 unspecified atom stereocenters. The Kier molecular flexibility index (Phi) is 9.09. The summed E-state index contributed by atoms with van der Waals surface area (Å²) in [5.74, 6) is 0.405. The van der Waals surface area contributed by atoms with Gasteiger partial charge in [-0.1, -0.05) is 6.92 Å². The molecule has 0 saturated carbocycles. The first-order valence-electron chi connectivity index (χ1n) is 6.64. The number of rotatable bonds is 9. The van der Waals surface area contributed by atoms with E-state index in [0.717, 1.165) is 25.9 Å². The summed E-state index contributed by atoms with van der Waals surface area (Å²) >= 11 is 0. The maximum Gasteiger partial charge on any atom is 0.220 e. The lowest BCUT2D eigenvalue weighted by Gasteiger charge is -2.20. The Morgan fingerprint density at radius 3 is 2.47 bits per heavy atom. The van der Waals surface area contributed by atoms with Crippen LogP contribution in [0.15, 0.2) is 0 Å². The van der Waals surface area contributed by atoms with Gasteiger partial charge in [-0.2, -0.15) is 0 Å². The van der Waals surface area contributed by atoms with Crippen LogP contribution in [0, 0.1) is 5.92 Å². The van der Waals surface area contributed by atoms with Crippen molar-refractivity contribution in [3.05, 3.63) is 0 Å². The van der Waals surface area contributed by atoms with Gasteiger partial charge in [0.2, 0.25) is 5.91 Å². The van der Waals surface area contributed by atoms with Crippen LogP contribution in [0.25, 0.3) is 0 Å². The van der Waals surface area contributed by atoms with E-state index in [-0.39, 0.29) is 11.8 Å². The van der Waals surface area contributed by atoms with Crippen LogP contribution in [0.1, 0.15) is 40.0 Å². The highest BCUT2D eigenvalue weighted by molar-refractivity contribution is 5.76. The zero-order valence-corrected chi connectivity index (χ0v) is 11.8. The van der Waals surface area contributed by atoms with Crippen LogP contribution < -0.4 is 11.1 Å². The summed E-state index contributed by atoms with van der Waals surface area (Å²) in [5, 5.41) is 2.94. The molecule has 0 heterocycles.